The number of ether oxygens (including phenoxy) is 1. The monoisotopic (exact) mass is 236 g/mol. The van der Waals surface area contributed by atoms with Crippen molar-refractivity contribution in [3.05, 3.63) is 0 Å². The van der Waals surface area contributed by atoms with E-state index in [4.69, 9.17) is 4.74 Å². The summed E-state index contributed by atoms with van der Waals surface area (Å²) in [6.07, 6.45) is 7.80. The molecule has 3 atom stereocenters. The molecule has 2 saturated carbocycles. The van der Waals surface area contributed by atoms with E-state index in [-0.39, 0.29) is 0 Å². The summed E-state index contributed by atoms with van der Waals surface area (Å²) in [6, 6.07) is 2.92. The van der Waals surface area contributed by atoms with Gasteiger partial charge >= 0.3 is 0 Å². The lowest BCUT2D eigenvalue weighted by Crippen LogP contribution is -2.47. The van der Waals surface area contributed by atoms with Crippen molar-refractivity contribution in [2.45, 2.75) is 70.1 Å². The summed E-state index contributed by atoms with van der Waals surface area (Å²) in [7, 11) is 0. The van der Waals surface area contributed by atoms with Gasteiger partial charge in [0.15, 0.2) is 0 Å². The SMILES string of the molecule is CC1CCCCC1OCC(C)(C#N)NC1CC1. The number of hydrogen-bond donors (Lipinski definition) is 1. The van der Waals surface area contributed by atoms with E-state index in [0.717, 1.165) is 6.42 Å². The summed E-state index contributed by atoms with van der Waals surface area (Å²) in [5.74, 6) is 0.646. The van der Waals surface area contributed by atoms with Gasteiger partial charge in [-0.15, -0.1) is 0 Å². The van der Waals surface area contributed by atoms with Crippen molar-refractivity contribution in [3.63, 3.8) is 0 Å². The highest BCUT2D eigenvalue weighted by Gasteiger charge is 2.34. The summed E-state index contributed by atoms with van der Waals surface area (Å²) in [4.78, 5) is 0. The minimum atomic E-state index is -0.502. The minimum absolute atomic E-state index is 0.359. The molecule has 0 bridgehead atoms. The minimum Gasteiger partial charge on any atom is -0.375 e. The Labute approximate surface area is 105 Å². The Kier molecular flexibility index (Phi) is 4.06. The maximum Gasteiger partial charge on any atom is 0.127 e. The Bertz CT molecular complexity index is 295. The molecule has 3 unspecified atom stereocenters. The van der Waals surface area contributed by atoms with Crippen molar-refractivity contribution < 1.29 is 4.74 Å². The molecule has 2 aliphatic rings. The molecule has 0 spiro atoms. The molecular formula is C14H24N2O. The van der Waals surface area contributed by atoms with E-state index in [2.05, 4.69) is 18.3 Å². The number of rotatable bonds is 5. The van der Waals surface area contributed by atoms with Crippen LogP contribution in [0.5, 0.6) is 0 Å². The topological polar surface area (TPSA) is 45.0 Å². The van der Waals surface area contributed by atoms with Crippen molar-refractivity contribution in [1.82, 2.24) is 5.32 Å². The number of nitrogens with one attached hydrogen (secondary N) is 1. The van der Waals surface area contributed by atoms with Crippen LogP contribution in [0.2, 0.25) is 0 Å². The molecule has 2 aliphatic carbocycles. The lowest BCUT2D eigenvalue weighted by Gasteiger charge is -2.32. The van der Waals surface area contributed by atoms with Gasteiger partial charge < -0.3 is 4.74 Å². The van der Waals surface area contributed by atoms with Crippen molar-refractivity contribution >= 4 is 0 Å². The molecule has 0 aliphatic heterocycles. The summed E-state index contributed by atoms with van der Waals surface area (Å²) in [5.41, 5.74) is -0.502. The van der Waals surface area contributed by atoms with Crippen molar-refractivity contribution in [2.75, 3.05) is 6.61 Å². The predicted molar refractivity (Wildman–Crippen MR) is 67.5 cm³/mol. The van der Waals surface area contributed by atoms with E-state index in [1.807, 2.05) is 6.92 Å². The van der Waals surface area contributed by atoms with Gasteiger partial charge in [0.1, 0.15) is 5.54 Å². The smallest absolute Gasteiger partial charge is 0.127 e. The molecule has 3 heteroatoms. The zero-order chi connectivity index (χ0) is 12.3. The van der Waals surface area contributed by atoms with E-state index in [0.29, 0.717) is 24.7 Å². The number of nitrogens with zero attached hydrogens (tertiary/aromatic N) is 1. The average Bonchev–Trinajstić information content (AvgIpc) is 3.12. The standard InChI is InChI=1S/C14H24N2O/c1-11-5-3-4-6-13(11)17-10-14(2,9-15)16-12-7-8-12/h11-13,16H,3-8,10H2,1-2H3. The lowest BCUT2D eigenvalue weighted by atomic mass is 9.88. The lowest BCUT2D eigenvalue weighted by molar-refractivity contribution is -0.0229. The third kappa shape index (κ3) is 3.69. The Balaban J connectivity index is 1.80. The molecular weight excluding hydrogens is 212 g/mol. The van der Waals surface area contributed by atoms with Crippen LogP contribution in [0, 0.1) is 17.2 Å². The summed E-state index contributed by atoms with van der Waals surface area (Å²) >= 11 is 0. The fourth-order valence-electron chi connectivity index (χ4n) is 2.59. The van der Waals surface area contributed by atoms with Crippen LogP contribution in [0.4, 0.5) is 0 Å². The Hall–Kier alpha value is -0.590. The van der Waals surface area contributed by atoms with Crippen LogP contribution in [-0.2, 0) is 4.74 Å². The quantitative estimate of drug-likeness (QED) is 0.798. The van der Waals surface area contributed by atoms with Gasteiger partial charge in [0.25, 0.3) is 0 Å². The van der Waals surface area contributed by atoms with Gasteiger partial charge in [0.2, 0.25) is 0 Å². The van der Waals surface area contributed by atoms with E-state index in [1.165, 1.54) is 32.1 Å². The molecule has 1 N–H and O–H groups in total. The van der Waals surface area contributed by atoms with Crippen molar-refractivity contribution in [3.8, 4) is 6.07 Å². The Morgan fingerprint density at radius 1 is 1.29 bits per heavy atom. The maximum atomic E-state index is 9.26. The second kappa shape index (κ2) is 5.37. The third-order valence-electron chi connectivity index (χ3n) is 3.97. The Morgan fingerprint density at radius 3 is 2.59 bits per heavy atom. The molecule has 0 saturated heterocycles. The summed E-state index contributed by atoms with van der Waals surface area (Å²) in [6.45, 7) is 4.75. The van der Waals surface area contributed by atoms with Gasteiger partial charge in [-0.2, -0.15) is 5.26 Å². The molecule has 0 aromatic heterocycles. The van der Waals surface area contributed by atoms with Crippen LogP contribution in [0.1, 0.15) is 52.4 Å². The second-order valence-electron chi connectivity index (χ2n) is 5.97. The molecule has 0 heterocycles. The van der Waals surface area contributed by atoms with Crippen LogP contribution >= 0.6 is 0 Å². The second-order valence-corrected chi connectivity index (χ2v) is 5.97. The van der Waals surface area contributed by atoms with E-state index in [1.54, 1.807) is 0 Å². The zero-order valence-corrected chi connectivity index (χ0v) is 11.0. The molecule has 0 radical (unpaired) electrons. The van der Waals surface area contributed by atoms with Gasteiger partial charge in [-0.25, -0.2) is 0 Å². The maximum absolute atomic E-state index is 9.26. The van der Waals surface area contributed by atoms with Crippen molar-refractivity contribution in [2.24, 2.45) is 5.92 Å². The van der Waals surface area contributed by atoms with Crippen LogP contribution < -0.4 is 5.32 Å². The highest BCUT2D eigenvalue weighted by molar-refractivity contribution is 5.07. The highest BCUT2D eigenvalue weighted by atomic mass is 16.5. The largest absolute Gasteiger partial charge is 0.375 e. The van der Waals surface area contributed by atoms with E-state index in [9.17, 15) is 5.26 Å². The third-order valence-corrected chi connectivity index (χ3v) is 3.97. The average molecular weight is 236 g/mol. The Morgan fingerprint density at radius 2 is 2.00 bits per heavy atom. The van der Waals surface area contributed by atoms with Gasteiger partial charge in [-0.3, -0.25) is 5.32 Å². The molecule has 0 amide bonds. The highest BCUT2D eigenvalue weighted by Crippen LogP contribution is 2.28. The van der Waals surface area contributed by atoms with Gasteiger partial charge in [-0.1, -0.05) is 19.8 Å². The number of hydrogen-bond acceptors (Lipinski definition) is 3. The van der Waals surface area contributed by atoms with E-state index < -0.39 is 5.54 Å². The fourth-order valence-corrected chi connectivity index (χ4v) is 2.59. The van der Waals surface area contributed by atoms with Gasteiger partial charge in [0, 0.05) is 6.04 Å². The van der Waals surface area contributed by atoms with Crippen LogP contribution in [-0.4, -0.2) is 24.3 Å². The van der Waals surface area contributed by atoms with Crippen LogP contribution in [0.25, 0.3) is 0 Å². The zero-order valence-electron chi connectivity index (χ0n) is 11.0. The first kappa shape index (κ1) is 12.9. The van der Waals surface area contributed by atoms with Gasteiger partial charge in [-0.05, 0) is 38.5 Å². The first-order chi connectivity index (χ1) is 8.13. The predicted octanol–water partition coefficient (Wildman–Crippen LogP) is 2.62. The fraction of sp³-hybridized carbons (Fsp3) is 0.929. The van der Waals surface area contributed by atoms with Gasteiger partial charge in [0.05, 0.1) is 18.8 Å². The molecule has 0 aromatic rings. The van der Waals surface area contributed by atoms with Crippen molar-refractivity contribution in [1.29, 1.82) is 5.26 Å². The number of nitriles is 1. The molecule has 2 fully saturated rings. The molecule has 3 nitrogen and oxygen atoms in total. The summed E-state index contributed by atoms with van der Waals surface area (Å²) in [5, 5.41) is 12.7. The van der Waals surface area contributed by atoms with Crippen LogP contribution in [0.3, 0.4) is 0 Å². The first-order valence-electron chi connectivity index (χ1n) is 6.93. The van der Waals surface area contributed by atoms with Crippen LogP contribution in [0.15, 0.2) is 0 Å². The summed E-state index contributed by atoms with van der Waals surface area (Å²) < 4.78 is 5.99. The first-order valence-corrected chi connectivity index (χ1v) is 6.93. The molecule has 2 rings (SSSR count). The molecule has 0 aromatic carbocycles. The molecule has 17 heavy (non-hydrogen) atoms. The van der Waals surface area contributed by atoms with E-state index >= 15 is 0 Å². The normalized spacial score (nSPS) is 32.8. The molecule has 96 valence electrons.